The molecule has 1 heterocycles. The predicted molar refractivity (Wildman–Crippen MR) is 55.1 cm³/mol. The van der Waals surface area contributed by atoms with Gasteiger partial charge in [0, 0.05) is 7.05 Å². The van der Waals surface area contributed by atoms with Crippen LogP contribution in [0.25, 0.3) is 0 Å². The van der Waals surface area contributed by atoms with Crippen LogP contribution in [0.3, 0.4) is 0 Å². The second kappa shape index (κ2) is 4.08. The van der Waals surface area contributed by atoms with E-state index in [-0.39, 0.29) is 5.82 Å². The summed E-state index contributed by atoms with van der Waals surface area (Å²) in [6, 6.07) is 6.34. The molecule has 0 unspecified atom stereocenters. The van der Waals surface area contributed by atoms with Gasteiger partial charge in [0.15, 0.2) is 5.82 Å². The van der Waals surface area contributed by atoms with Gasteiger partial charge in [-0.25, -0.2) is 9.07 Å². The third-order valence-corrected chi connectivity index (χ3v) is 2.05. The molecule has 0 aliphatic rings. The average molecular weight is 206 g/mol. The van der Waals surface area contributed by atoms with E-state index in [9.17, 15) is 4.39 Å². The van der Waals surface area contributed by atoms with Crippen molar-refractivity contribution in [3.05, 3.63) is 41.8 Å². The molecule has 1 aromatic heterocycles. The van der Waals surface area contributed by atoms with Gasteiger partial charge in [0.25, 0.3) is 0 Å². The summed E-state index contributed by atoms with van der Waals surface area (Å²) in [5.74, 6) is 0.491. The van der Waals surface area contributed by atoms with Crippen LogP contribution in [0, 0.1) is 5.82 Å². The molecule has 2 rings (SSSR count). The summed E-state index contributed by atoms with van der Waals surface area (Å²) in [5.41, 5.74) is 0.990. The molecule has 0 aliphatic heterocycles. The second-order valence-electron chi connectivity index (χ2n) is 3.18. The zero-order chi connectivity index (χ0) is 10.7. The fourth-order valence-corrected chi connectivity index (χ4v) is 1.27. The molecule has 0 bridgehead atoms. The molecular formula is C10H11FN4. The van der Waals surface area contributed by atoms with Crippen molar-refractivity contribution in [1.82, 2.24) is 15.0 Å². The lowest BCUT2D eigenvalue weighted by atomic mass is 10.2. The van der Waals surface area contributed by atoms with Crippen LogP contribution >= 0.6 is 0 Å². The van der Waals surface area contributed by atoms with Gasteiger partial charge in [-0.05, 0) is 17.7 Å². The Balaban J connectivity index is 2.11. The lowest BCUT2D eigenvalue weighted by molar-refractivity contribution is 0.621. The zero-order valence-electron chi connectivity index (χ0n) is 8.31. The minimum absolute atomic E-state index is 0.228. The first kappa shape index (κ1) is 9.64. The minimum atomic E-state index is -0.228. The minimum Gasteiger partial charge on any atom is -0.370 e. The molecule has 0 spiro atoms. The van der Waals surface area contributed by atoms with Crippen molar-refractivity contribution in [2.24, 2.45) is 0 Å². The molecule has 4 nitrogen and oxygen atoms in total. The Morgan fingerprint density at radius 3 is 2.67 bits per heavy atom. The van der Waals surface area contributed by atoms with Crippen LogP contribution < -0.4 is 5.32 Å². The average Bonchev–Trinajstić information content (AvgIpc) is 2.69. The molecule has 0 atom stereocenters. The first-order chi connectivity index (χ1) is 7.28. The van der Waals surface area contributed by atoms with E-state index in [1.807, 2.05) is 0 Å². The van der Waals surface area contributed by atoms with Crippen LogP contribution in [-0.4, -0.2) is 22.0 Å². The number of aromatic nitrogens is 3. The predicted octanol–water partition coefficient (Wildman–Crippen LogP) is 1.51. The smallest absolute Gasteiger partial charge is 0.168 e. The summed E-state index contributed by atoms with van der Waals surface area (Å²) in [6.07, 6.45) is 1.79. The number of nitrogens with one attached hydrogen (secondary N) is 1. The highest BCUT2D eigenvalue weighted by molar-refractivity contribution is 5.28. The van der Waals surface area contributed by atoms with Gasteiger partial charge in [0.05, 0.1) is 12.7 Å². The summed E-state index contributed by atoms with van der Waals surface area (Å²) >= 11 is 0. The van der Waals surface area contributed by atoms with Crippen molar-refractivity contribution in [2.75, 3.05) is 12.4 Å². The highest BCUT2D eigenvalue weighted by atomic mass is 19.1. The Kier molecular flexibility index (Phi) is 2.62. The van der Waals surface area contributed by atoms with Gasteiger partial charge in [-0.3, -0.25) is 0 Å². The summed E-state index contributed by atoms with van der Waals surface area (Å²) in [4.78, 5) is 0. The standard InChI is InChI=1S/C10H11FN4/c1-12-10-7-15(14-13-10)6-8-2-4-9(11)5-3-8/h2-5,7,12H,6H2,1H3. The van der Waals surface area contributed by atoms with Crippen molar-refractivity contribution < 1.29 is 4.39 Å². The molecule has 15 heavy (non-hydrogen) atoms. The Morgan fingerprint density at radius 2 is 2.07 bits per heavy atom. The summed E-state index contributed by atoms with van der Waals surface area (Å²) < 4.78 is 14.3. The van der Waals surface area contributed by atoms with Crippen molar-refractivity contribution >= 4 is 5.82 Å². The molecule has 0 amide bonds. The molecule has 0 aliphatic carbocycles. The Bertz CT molecular complexity index is 435. The van der Waals surface area contributed by atoms with Crippen LogP contribution in [0.1, 0.15) is 5.56 Å². The molecule has 5 heteroatoms. The van der Waals surface area contributed by atoms with E-state index in [4.69, 9.17) is 0 Å². The number of hydrogen-bond donors (Lipinski definition) is 1. The monoisotopic (exact) mass is 206 g/mol. The van der Waals surface area contributed by atoms with Gasteiger partial charge in [-0.1, -0.05) is 17.3 Å². The van der Waals surface area contributed by atoms with Crippen LogP contribution in [0.4, 0.5) is 10.2 Å². The third-order valence-electron chi connectivity index (χ3n) is 2.05. The van der Waals surface area contributed by atoms with E-state index in [1.54, 1.807) is 30.1 Å². The number of halogens is 1. The summed E-state index contributed by atoms with van der Waals surface area (Å²) in [6.45, 7) is 0.592. The number of nitrogens with zero attached hydrogens (tertiary/aromatic N) is 3. The summed E-state index contributed by atoms with van der Waals surface area (Å²) in [7, 11) is 1.78. The zero-order valence-corrected chi connectivity index (χ0v) is 8.31. The number of benzene rings is 1. The fraction of sp³-hybridized carbons (Fsp3) is 0.200. The lowest BCUT2D eigenvalue weighted by Crippen LogP contribution is -2.00. The molecule has 0 saturated carbocycles. The van der Waals surface area contributed by atoms with Crippen molar-refractivity contribution in [3.8, 4) is 0 Å². The van der Waals surface area contributed by atoms with Crippen LogP contribution in [-0.2, 0) is 6.54 Å². The quantitative estimate of drug-likeness (QED) is 0.827. The molecule has 0 saturated heterocycles. The normalized spacial score (nSPS) is 10.3. The number of anilines is 1. The Hall–Kier alpha value is -1.91. The molecule has 1 aromatic carbocycles. The van der Waals surface area contributed by atoms with Gasteiger partial charge < -0.3 is 5.32 Å². The Morgan fingerprint density at radius 1 is 1.33 bits per heavy atom. The Labute approximate surface area is 86.7 Å². The van der Waals surface area contributed by atoms with Crippen molar-refractivity contribution in [2.45, 2.75) is 6.54 Å². The number of rotatable bonds is 3. The van der Waals surface area contributed by atoms with E-state index >= 15 is 0 Å². The van der Waals surface area contributed by atoms with Gasteiger partial charge >= 0.3 is 0 Å². The van der Waals surface area contributed by atoms with Gasteiger partial charge in [-0.2, -0.15) is 0 Å². The molecule has 78 valence electrons. The van der Waals surface area contributed by atoms with Gasteiger partial charge in [-0.15, -0.1) is 5.10 Å². The van der Waals surface area contributed by atoms with Crippen LogP contribution in [0.2, 0.25) is 0 Å². The second-order valence-corrected chi connectivity index (χ2v) is 3.18. The molecular weight excluding hydrogens is 195 g/mol. The highest BCUT2D eigenvalue weighted by Gasteiger charge is 1.99. The molecule has 0 fully saturated rings. The summed E-state index contributed by atoms with van der Waals surface area (Å²) in [5, 5.41) is 10.7. The third kappa shape index (κ3) is 2.31. The first-order valence-electron chi connectivity index (χ1n) is 4.60. The van der Waals surface area contributed by atoms with E-state index in [0.29, 0.717) is 6.54 Å². The van der Waals surface area contributed by atoms with Crippen molar-refractivity contribution in [1.29, 1.82) is 0 Å². The maximum absolute atomic E-state index is 12.6. The maximum Gasteiger partial charge on any atom is 0.168 e. The van der Waals surface area contributed by atoms with E-state index in [1.165, 1.54) is 12.1 Å². The first-order valence-corrected chi connectivity index (χ1v) is 4.60. The molecule has 0 radical (unpaired) electrons. The molecule has 2 aromatic rings. The van der Waals surface area contributed by atoms with Gasteiger partial charge in [0.2, 0.25) is 0 Å². The lowest BCUT2D eigenvalue weighted by Gasteiger charge is -1.99. The van der Waals surface area contributed by atoms with Crippen LogP contribution in [0.5, 0.6) is 0 Å². The maximum atomic E-state index is 12.6. The largest absolute Gasteiger partial charge is 0.370 e. The van der Waals surface area contributed by atoms with E-state index in [0.717, 1.165) is 11.4 Å². The van der Waals surface area contributed by atoms with E-state index < -0.39 is 0 Å². The topological polar surface area (TPSA) is 42.7 Å². The van der Waals surface area contributed by atoms with E-state index in [2.05, 4.69) is 15.6 Å². The molecule has 1 N–H and O–H groups in total. The fourth-order valence-electron chi connectivity index (χ4n) is 1.27. The number of hydrogen-bond acceptors (Lipinski definition) is 3. The van der Waals surface area contributed by atoms with Crippen LogP contribution in [0.15, 0.2) is 30.5 Å². The SMILES string of the molecule is CNc1cn(Cc2ccc(F)cc2)nn1. The highest BCUT2D eigenvalue weighted by Crippen LogP contribution is 2.06. The van der Waals surface area contributed by atoms with Gasteiger partial charge in [0.1, 0.15) is 5.82 Å². The van der Waals surface area contributed by atoms with Crippen molar-refractivity contribution in [3.63, 3.8) is 0 Å².